The minimum absolute atomic E-state index is 0.202. The maximum atomic E-state index is 5.40. The standard InChI is InChI=1S/C47H32N2/c1-46(2)39-22-12-13-23-43(39)49-44-41(46)27-31(28-42(44)48-45(49)29-14-4-3-5-15-29)30-24-25-35-34-18-8-11-21-38(34)47(40(35)26-30)36-19-9-6-16-32(36)33-17-7-10-20-37(33)47/h3-28H,1-2H3. The van der Waals surface area contributed by atoms with E-state index in [2.05, 4.69) is 176 Å². The van der Waals surface area contributed by atoms with E-state index in [4.69, 9.17) is 4.98 Å². The van der Waals surface area contributed by atoms with E-state index in [-0.39, 0.29) is 10.8 Å². The fourth-order valence-electron chi connectivity index (χ4n) is 9.48. The first-order valence-electron chi connectivity index (χ1n) is 17.2. The molecule has 2 heterocycles. The van der Waals surface area contributed by atoms with Crippen molar-refractivity contribution in [2.75, 3.05) is 0 Å². The van der Waals surface area contributed by atoms with Crippen molar-refractivity contribution in [3.63, 3.8) is 0 Å². The highest BCUT2D eigenvalue weighted by Gasteiger charge is 2.51. The van der Waals surface area contributed by atoms with Crippen molar-refractivity contribution in [1.29, 1.82) is 0 Å². The summed E-state index contributed by atoms with van der Waals surface area (Å²) in [4.78, 5) is 5.40. The molecule has 0 atom stereocenters. The Hall–Kier alpha value is -5.99. The van der Waals surface area contributed by atoms with Crippen LogP contribution in [-0.4, -0.2) is 9.55 Å². The van der Waals surface area contributed by atoms with Crippen LogP contribution in [0.3, 0.4) is 0 Å². The van der Waals surface area contributed by atoms with E-state index in [1.54, 1.807) is 0 Å². The maximum Gasteiger partial charge on any atom is 0.145 e. The van der Waals surface area contributed by atoms with Crippen LogP contribution in [0.2, 0.25) is 0 Å². The molecule has 0 unspecified atom stereocenters. The summed E-state index contributed by atoms with van der Waals surface area (Å²) in [5.74, 6) is 0.986. The molecule has 1 spiro atoms. The topological polar surface area (TPSA) is 17.8 Å². The normalized spacial score (nSPS) is 15.1. The summed E-state index contributed by atoms with van der Waals surface area (Å²) < 4.78 is 2.39. The largest absolute Gasteiger partial charge is 0.292 e. The van der Waals surface area contributed by atoms with Crippen LogP contribution in [0.1, 0.15) is 47.2 Å². The van der Waals surface area contributed by atoms with E-state index in [0.29, 0.717) is 0 Å². The monoisotopic (exact) mass is 624 g/mol. The predicted molar refractivity (Wildman–Crippen MR) is 200 cm³/mol. The first-order chi connectivity index (χ1) is 24.1. The van der Waals surface area contributed by atoms with Gasteiger partial charge in [-0.3, -0.25) is 4.57 Å². The number of imidazole rings is 1. The number of para-hydroxylation sites is 1. The molecular weight excluding hydrogens is 593 g/mol. The van der Waals surface area contributed by atoms with E-state index in [9.17, 15) is 0 Å². The quantitative estimate of drug-likeness (QED) is 0.187. The molecule has 0 saturated carbocycles. The number of hydrogen-bond acceptors (Lipinski definition) is 1. The van der Waals surface area contributed by atoms with Gasteiger partial charge in [-0.1, -0.05) is 147 Å². The average Bonchev–Trinajstić information content (AvgIpc) is 3.79. The minimum atomic E-state index is -0.367. The van der Waals surface area contributed by atoms with E-state index in [0.717, 1.165) is 16.9 Å². The molecule has 0 fully saturated rings. The SMILES string of the molecule is CC1(C)c2ccccc2-n2c(-c3ccccc3)nc3cc(-c4ccc5c(c4)C4(c6ccccc6-c6ccccc64)c4ccccc4-5)cc1c32. The van der Waals surface area contributed by atoms with Crippen LogP contribution in [0, 0.1) is 0 Å². The summed E-state index contributed by atoms with van der Waals surface area (Å²) in [5, 5.41) is 0. The Morgan fingerprint density at radius 1 is 0.429 bits per heavy atom. The lowest BCUT2D eigenvalue weighted by atomic mass is 9.70. The molecule has 0 bridgehead atoms. The molecule has 3 aliphatic rings. The van der Waals surface area contributed by atoms with E-state index in [1.165, 1.54) is 78.0 Å². The van der Waals surface area contributed by atoms with Gasteiger partial charge in [0.1, 0.15) is 5.82 Å². The zero-order valence-electron chi connectivity index (χ0n) is 27.4. The zero-order chi connectivity index (χ0) is 32.5. The first-order valence-corrected chi connectivity index (χ1v) is 17.2. The van der Waals surface area contributed by atoms with Gasteiger partial charge in [-0.15, -0.1) is 0 Å². The lowest BCUT2D eigenvalue weighted by molar-refractivity contribution is 0.629. The van der Waals surface area contributed by atoms with Crippen molar-refractivity contribution in [3.8, 4) is 50.5 Å². The smallest absolute Gasteiger partial charge is 0.145 e. The summed E-state index contributed by atoms with van der Waals surface area (Å²) in [6, 6.07) is 58.5. The second kappa shape index (κ2) is 9.33. The lowest BCUT2D eigenvalue weighted by Gasteiger charge is -2.35. The molecule has 49 heavy (non-hydrogen) atoms. The van der Waals surface area contributed by atoms with Gasteiger partial charge in [0.05, 0.1) is 22.1 Å². The van der Waals surface area contributed by atoms with Gasteiger partial charge < -0.3 is 0 Å². The van der Waals surface area contributed by atoms with Gasteiger partial charge in [0.2, 0.25) is 0 Å². The van der Waals surface area contributed by atoms with Crippen molar-refractivity contribution in [2.24, 2.45) is 0 Å². The molecule has 230 valence electrons. The Kier molecular flexibility index (Phi) is 5.14. The summed E-state index contributed by atoms with van der Waals surface area (Å²) in [7, 11) is 0. The van der Waals surface area contributed by atoms with Crippen LogP contribution in [0.25, 0.3) is 61.5 Å². The Morgan fingerprint density at radius 2 is 0.959 bits per heavy atom. The fraction of sp³-hybridized carbons (Fsp3) is 0.0851. The summed E-state index contributed by atoms with van der Waals surface area (Å²) in [6.07, 6.45) is 0. The van der Waals surface area contributed by atoms with Crippen LogP contribution in [0.15, 0.2) is 158 Å². The zero-order valence-corrected chi connectivity index (χ0v) is 27.4. The highest BCUT2D eigenvalue weighted by molar-refractivity contribution is 5.97. The maximum absolute atomic E-state index is 5.40. The summed E-state index contributed by atoms with van der Waals surface area (Å²) in [5.41, 5.74) is 19.8. The Bertz CT molecular complexity index is 2630. The second-order valence-electron chi connectivity index (χ2n) is 14.3. The number of aromatic nitrogens is 2. The molecule has 0 amide bonds. The first kappa shape index (κ1) is 27.0. The molecular formula is C47H32N2. The molecule has 2 aliphatic carbocycles. The van der Waals surface area contributed by atoms with Crippen molar-refractivity contribution >= 4 is 11.0 Å². The van der Waals surface area contributed by atoms with Gasteiger partial charge in [-0.2, -0.15) is 0 Å². The van der Waals surface area contributed by atoms with Gasteiger partial charge in [-0.05, 0) is 91.0 Å². The number of nitrogens with zero attached hydrogens (tertiary/aromatic N) is 2. The van der Waals surface area contributed by atoms with E-state index < -0.39 is 0 Å². The molecule has 11 rings (SSSR count). The van der Waals surface area contributed by atoms with Crippen LogP contribution in [-0.2, 0) is 10.8 Å². The van der Waals surface area contributed by atoms with Gasteiger partial charge in [0, 0.05) is 11.0 Å². The number of benzene rings is 7. The predicted octanol–water partition coefficient (Wildman–Crippen LogP) is 11.3. The van der Waals surface area contributed by atoms with Gasteiger partial charge >= 0.3 is 0 Å². The molecule has 1 aliphatic heterocycles. The highest BCUT2D eigenvalue weighted by Crippen LogP contribution is 2.63. The Balaban J connectivity index is 1.20. The third-order valence-electron chi connectivity index (χ3n) is 11.6. The molecule has 2 heteroatoms. The molecule has 2 nitrogen and oxygen atoms in total. The van der Waals surface area contributed by atoms with Crippen molar-refractivity contribution in [2.45, 2.75) is 24.7 Å². The second-order valence-corrected chi connectivity index (χ2v) is 14.3. The number of rotatable bonds is 2. The van der Waals surface area contributed by atoms with Crippen molar-refractivity contribution < 1.29 is 0 Å². The third-order valence-corrected chi connectivity index (χ3v) is 11.6. The van der Waals surface area contributed by atoms with Gasteiger partial charge in [-0.25, -0.2) is 4.98 Å². The minimum Gasteiger partial charge on any atom is -0.292 e. The molecule has 8 aromatic rings. The van der Waals surface area contributed by atoms with Gasteiger partial charge in [0.25, 0.3) is 0 Å². The van der Waals surface area contributed by atoms with Crippen LogP contribution < -0.4 is 0 Å². The molecule has 7 aromatic carbocycles. The molecule has 0 radical (unpaired) electrons. The number of hydrogen-bond donors (Lipinski definition) is 0. The summed E-state index contributed by atoms with van der Waals surface area (Å²) in [6.45, 7) is 4.73. The fourth-order valence-corrected chi connectivity index (χ4v) is 9.48. The van der Waals surface area contributed by atoms with E-state index in [1.807, 2.05) is 0 Å². The Morgan fingerprint density at radius 3 is 1.61 bits per heavy atom. The molecule has 0 saturated heterocycles. The Labute approximate surface area is 286 Å². The molecule has 0 N–H and O–H groups in total. The van der Waals surface area contributed by atoms with Crippen molar-refractivity contribution in [1.82, 2.24) is 9.55 Å². The van der Waals surface area contributed by atoms with E-state index >= 15 is 0 Å². The van der Waals surface area contributed by atoms with Gasteiger partial charge in [0.15, 0.2) is 0 Å². The van der Waals surface area contributed by atoms with Crippen LogP contribution in [0.5, 0.6) is 0 Å². The number of fused-ring (bicyclic) bond motifs is 12. The third kappa shape index (κ3) is 3.29. The summed E-state index contributed by atoms with van der Waals surface area (Å²) >= 11 is 0. The van der Waals surface area contributed by atoms with Crippen molar-refractivity contribution in [3.05, 3.63) is 191 Å². The molecule has 1 aromatic heterocycles. The average molecular weight is 625 g/mol. The van der Waals surface area contributed by atoms with Crippen LogP contribution >= 0.6 is 0 Å². The highest BCUT2D eigenvalue weighted by atomic mass is 15.1. The van der Waals surface area contributed by atoms with Crippen LogP contribution in [0.4, 0.5) is 0 Å². The lowest BCUT2D eigenvalue weighted by Crippen LogP contribution is -2.26.